The fourth-order valence-electron chi connectivity index (χ4n) is 9.11. The van der Waals surface area contributed by atoms with E-state index < -0.39 is 12.2 Å². The average Bonchev–Trinajstić information content (AvgIpc) is 3.53. The number of aromatic nitrogens is 2. The third-order valence-corrected chi connectivity index (χ3v) is 11.7. The van der Waals surface area contributed by atoms with Crippen LogP contribution < -0.4 is 0 Å². The van der Waals surface area contributed by atoms with E-state index in [9.17, 15) is 15.0 Å². The van der Waals surface area contributed by atoms with Crippen LogP contribution in [0, 0.1) is 36.0 Å². The van der Waals surface area contributed by atoms with Crippen LogP contribution in [0.2, 0.25) is 0 Å². The Labute approximate surface area is 256 Å². The molecule has 6 nitrogen and oxygen atoms in total. The van der Waals surface area contributed by atoms with E-state index in [0.717, 1.165) is 60.4 Å². The van der Waals surface area contributed by atoms with Gasteiger partial charge in [0, 0.05) is 30.3 Å². The predicted octanol–water partition coefficient (Wildman–Crippen LogP) is 7.47. The fraction of sp³-hybridized carbons (Fsp3) is 0.595. The molecule has 0 bridgehead atoms. The quantitative estimate of drug-likeness (QED) is 0.297. The smallest absolute Gasteiger partial charge is 0.201 e. The monoisotopic (exact) mass is 584 g/mol. The summed E-state index contributed by atoms with van der Waals surface area (Å²) in [6, 6.07) is 3.68. The van der Waals surface area contributed by atoms with Gasteiger partial charge in [0.2, 0.25) is 5.89 Å². The van der Waals surface area contributed by atoms with Crippen molar-refractivity contribution < 1.29 is 19.4 Å². The largest absolute Gasteiger partial charge is 0.448 e. The first-order valence-corrected chi connectivity index (χ1v) is 16.4. The summed E-state index contributed by atoms with van der Waals surface area (Å²) >= 11 is 0. The number of oxazole rings is 1. The molecular weight excluding hydrogens is 536 g/mol. The van der Waals surface area contributed by atoms with Crippen molar-refractivity contribution in [2.45, 2.75) is 109 Å². The highest BCUT2D eigenvalue weighted by molar-refractivity contribution is 5.99. The molecule has 2 N–H and O–H groups in total. The first-order valence-electron chi connectivity index (χ1n) is 16.4. The molecule has 0 amide bonds. The Morgan fingerprint density at radius 3 is 2.63 bits per heavy atom. The van der Waals surface area contributed by atoms with E-state index in [4.69, 9.17) is 9.40 Å². The Kier molecular flexibility index (Phi) is 8.38. The van der Waals surface area contributed by atoms with E-state index in [0.29, 0.717) is 30.6 Å². The predicted molar refractivity (Wildman–Crippen MR) is 167 cm³/mol. The summed E-state index contributed by atoms with van der Waals surface area (Å²) in [5.74, 6) is 2.44. The third kappa shape index (κ3) is 5.73. The molecule has 7 atom stereocenters. The highest BCUT2D eigenvalue weighted by Gasteiger charge is 2.57. The molecule has 4 saturated carbocycles. The van der Waals surface area contributed by atoms with Crippen molar-refractivity contribution in [3.63, 3.8) is 0 Å². The van der Waals surface area contributed by atoms with E-state index in [2.05, 4.69) is 37.6 Å². The van der Waals surface area contributed by atoms with Gasteiger partial charge >= 0.3 is 0 Å². The number of hydrogen-bond acceptors (Lipinski definition) is 6. The standard InChI is InChI=1S/C37H48N2O4/c1-23(7-10-32(34(42)27-13-18-38-19-14-27)37(16-17-37)35-39-24(2)22-43-35)30-11-12-31-26(6-5-15-36(30,31)4)8-9-28-20-29(40)21-33(41)25(28)3/h8-9,13-14,18-19,22-23,29-33,40-41H,3,5-7,10-12,15-17,20-21H2,1-2,4H3/b26-8+,28-9-/t23-,29-,30-,31+,32-,33+,36-/m1/s1. The topological polar surface area (TPSA) is 96.5 Å². The number of fused-ring (bicyclic) bond motifs is 1. The number of Topliss-reactive ketones (excluding diaryl/α,β-unsaturated/α-hetero) is 1. The number of pyridine rings is 1. The molecule has 4 aliphatic carbocycles. The number of aliphatic hydroxyl groups excluding tert-OH is 2. The van der Waals surface area contributed by atoms with Gasteiger partial charge in [-0.15, -0.1) is 0 Å². The number of aliphatic hydroxyl groups is 2. The Morgan fingerprint density at radius 1 is 1.16 bits per heavy atom. The van der Waals surface area contributed by atoms with Crippen LogP contribution in [0.4, 0.5) is 0 Å². The second-order valence-corrected chi connectivity index (χ2v) is 14.3. The lowest BCUT2D eigenvalue weighted by Gasteiger charge is -2.44. The van der Waals surface area contributed by atoms with Crippen molar-refractivity contribution in [2.75, 3.05) is 0 Å². The molecule has 6 heteroatoms. The molecule has 43 heavy (non-hydrogen) atoms. The van der Waals surface area contributed by atoms with Gasteiger partial charge in [-0.05, 0) is 118 Å². The SMILES string of the molecule is C=C1/C(=C\C=C2/CCC[C@]3(C)[C@@H]([C@H](C)CC[C@H](C(=O)c4ccncc4)C4(c5nc(C)co5)CC4)CC[C@@H]23)C[C@@H](O)C[C@@H]1O. The number of hydrogen-bond donors (Lipinski definition) is 2. The Morgan fingerprint density at radius 2 is 1.93 bits per heavy atom. The Balaban J connectivity index is 1.19. The van der Waals surface area contributed by atoms with E-state index in [1.807, 2.05) is 19.1 Å². The number of ketones is 1. The van der Waals surface area contributed by atoms with Crippen molar-refractivity contribution in [1.29, 1.82) is 0 Å². The van der Waals surface area contributed by atoms with Crippen LogP contribution in [0.3, 0.4) is 0 Å². The number of nitrogens with zero attached hydrogens (tertiary/aromatic N) is 2. The normalized spacial score (nSPS) is 33.4. The lowest BCUT2D eigenvalue weighted by Crippen LogP contribution is -2.36. The lowest BCUT2D eigenvalue weighted by molar-refractivity contribution is 0.0792. The molecule has 2 aromatic rings. The van der Waals surface area contributed by atoms with E-state index >= 15 is 0 Å². The molecular formula is C37H48N2O4. The zero-order chi connectivity index (χ0) is 30.4. The van der Waals surface area contributed by atoms with Gasteiger partial charge in [-0.2, -0.15) is 0 Å². The molecule has 0 radical (unpaired) electrons. The van der Waals surface area contributed by atoms with E-state index in [1.165, 1.54) is 31.3 Å². The van der Waals surface area contributed by atoms with Gasteiger partial charge in [0.25, 0.3) is 0 Å². The number of allylic oxidation sites excluding steroid dienone is 3. The van der Waals surface area contributed by atoms with Crippen LogP contribution in [0.5, 0.6) is 0 Å². The van der Waals surface area contributed by atoms with Gasteiger partial charge in [0.1, 0.15) is 6.26 Å². The average molecular weight is 585 g/mol. The van der Waals surface area contributed by atoms with Crippen LogP contribution in [-0.2, 0) is 5.41 Å². The van der Waals surface area contributed by atoms with Gasteiger partial charge in [0.15, 0.2) is 5.78 Å². The Bertz CT molecular complexity index is 1400. The van der Waals surface area contributed by atoms with Gasteiger partial charge in [0.05, 0.1) is 23.3 Å². The molecule has 0 unspecified atom stereocenters. The maximum atomic E-state index is 14.0. The molecule has 0 spiro atoms. The highest BCUT2D eigenvalue weighted by atomic mass is 16.3. The molecule has 4 fully saturated rings. The Hall–Kier alpha value is -2.83. The summed E-state index contributed by atoms with van der Waals surface area (Å²) in [5.41, 5.74) is 4.79. The minimum Gasteiger partial charge on any atom is -0.448 e. The second kappa shape index (κ2) is 11.9. The first-order chi connectivity index (χ1) is 20.6. The minimum absolute atomic E-state index is 0.150. The zero-order valence-electron chi connectivity index (χ0n) is 26.1. The van der Waals surface area contributed by atoms with Crippen LogP contribution in [-0.4, -0.2) is 38.2 Å². The van der Waals surface area contributed by atoms with Crippen molar-refractivity contribution in [1.82, 2.24) is 9.97 Å². The number of rotatable bonds is 9. The molecule has 2 aromatic heterocycles. The van der Waals surface area contributed by atoms with E-state index in [-0.39, 0.29) is 22.5 Å². The zero-order valence-corrected chi connectivity index (χ0v) is 26.1. The highest BCUT2D eigenvalue weighted by Crippen LogP contribution is 2.61. The summed E-state index contributed by atoms with van der Waals surface area (Å²) in [4.78, 5) is 22.8. The third-order valence-electron chi connectivity index (χ3n) is 11.7. The second-order valence-electron chi connectivity index (χ2n) is 14.3. The maximum Gasteiger partial charge on any atom is 0.201 e. The lowest BCUT2D eigenvalue weighted by atomic mass is 9.60. The van der Waals surface area contributed by atoms with E-state index in [1.54, 1.807) is 18.7 Å². The molecule has 0 saturated heterocycles. The van der Waals surface area contributed by atoms with Gasteiger partial charge < -0.3 is 14.6 Å². The summed E-state index contributed by atoms with van der Waals surface area (Å²) in [6.45, 7) is 11.0. The number of carbonyl (C=O) groups excluding carboxylic acids is 1. The molecule has 0 aromatic carbocycles. The summed E-state index contributed by atoms with van der Waals surface area (Å²) in [7, 11) is 0. The summed E-state index contributed by atoms with van der Waals surface area (Å²) in [6.07, 6.45) is 19.0. The van der Waals surface area contributed by atoms with Gasteiger partial charge in [-0.3, -0.25) is 9.78 Å². The number of carbonyl (C=O) groups is 1. The summed E-state index contributed by atoms with van der Waals surface area (Å²) < 4.78 is 5.93. The van der Waals surface area contributed by atoms with Gasteiger partial charge in [-0.25, -0.2) is 4.98 Å². The van der Waals surface area contributed by atoms with Gasteiger partial charge in [-0.1, -0.05) is 38.2 Å². The minimum atomic E-state index is -0.654. The van der Waals surface area contributed by atoms with Crippen LogP contribution in [0.1, 0.15) is 106 Å². The molecule has 6 rings (SSSR count). The molecule has 4 aliphatic rings. The van der Waals surface area contributed by atoms with Crippen LogP contribution in [0.15, 0.2) is 70.7 Å². The van der Waals surface area contributed by atoms with Crippen molar-refractivity contribution in [3.8, 4) is 0 Å². The van der Waals surface area contributed by atoms with Crippen LogP contribution in [0.25, 0.3) is 0 Å². The first kappa shape index (κ1) is 30.2. The maximum absolute atomic E-state index is 14.0. The van der Waals surface area contributed by atoms with Crippen molar-refractivity contribution in [2.24, 2.45) is 29.1 Å². The van der Waals surface area contributed by atoms with Crippen molar-refractivity contribution >= 4 is 5.78 Å². The molecule has 230 valence electrons. The van der Waals surface area contributed by atoms with Crippen molar-refractivity contribution in [3.05, 3.63) is 83.4 Å². The molecule has 2 heterocycles. The number of aryl methyl sites for hydroxylation is 1. The molecule has 0 aliphatic heterocycles. The van der Waals surface area contributed by atoms with Crippen LogP contribution >= 0.6 is 0 Å². The fourth-order valence-corrected chi connectivity index (χ4v) is 9.11. The summed E-state index contributed by atoms with van der Waals surface area (Å²) in [5, 5.41) is 20.5.